The Morgan fingerprint density at radius 1 is 1.44 bits per heavy atom. The molecule has 18 heavy (non-hydrogen) atoms. The fraction of sp³-hybridized carbons (Fsp3) is 0.333. The first-order valence-electron chi connectivity index (χ1n) is 5.43. The van der Waals surface area contributed by atoms with E-state index in [0.29, 0.717) is 29.4 Å². The second-order valence-corrected chi connectivity index (χ2v) is 4.47. The number of hydrogen-bond acceptors (Lipinski definition) is 3. The van der Waals surface area contributed by atoms with E-state index in [4.69, 9.17) is 21.4 Å². The van der Waals surface area contributed by atoms with E-state index in [1.807, 2.05) is 0 Å². The summed E-state index contributed by atoms with van der Waals surface area (Å²) in [6.07, 6.45) is 0. The van der Waals surface area contributed by atoms with Crippen LogP contribution in [0.4, 0.5) is 0 Å². The highest BCUT2D eigenvalue weighted by Gasteiger charge is 2.23. The molecule has 1 amide bonds. The predicted molar refractivity (Wildman–Crippen MR) is 65.0 cm³/mol. The average Bonchev–Trinajstić information content (AvgIpc) is 2.49. The van der Waals surface area contributed by atoms with Gasteiger partial charge in [0.1, 0.15) is 17.9 Å². The molecule has 0 bridgehead atoms. The highest BCUT2D eigenvalue weighted by Crippen LogP contribution is 2.31. The number of carbonyl (C=O) groups excluding carboxylic acids is 1. The Morgan fingerprint density at radius 3 is 2.78 bits per heavy atom. The van der Waals surface area contributed by atoms with E-state index in [9.17, 15) is 9.59 Å². The summed E-state index contributed by atoms with van der Waals surface area (Å²) in [7, 11) is 0. The lowest BCUT2D eigenvalue weighted by Gasteiger charge is -2.17. The molecule has 1 heterocycles. The first kappa shape index (κ1) is 12.7. The standard InChI is InChI=1S/C12H12ClNO4/c1-7(15)14-2-3-18-11-8(6-14)4-9(13)5-10(11)12(16)17/h4-5H,2-3,6H2,1H3,(H,16,17). The van der Waals surface area contributed by atoms with Gasteiger partial charge < -0.3 is 14.7 Å². The second kappa shape index (κ2) is 4.86. The largest absolute Gasteiger partial charge is 0.490 e. The number of ether oxygens (including phenoxy) is 1. The smallest absolute Gasteiger partial charge is 0.339 e. The Morgan fingerprint density at radius 2 is 2.17 bits per heavy atom. The molecule has 2 rings (SSSR count). The van der Waals surface area contributed by atoms with Crippen LogP contribution in [0, 0.1) is 0 Å². The van der Waals surface area contributed by atoms with E-state index in [-0.39, 0.29) is 18.1 Å². The van der Waals surface area contributed by atoms with Crippen LogP contribution in [-0.4, -0.2) is 35.0 Å². The molecule has 6 heteroatoms. The topological polar surface area (TPSA) is 66.8 Å². The number of carboxylic acids is 1. The molecule has 0 radical (unpaired) electrons. The number of rotatable bonds is 1. The maximum atomic E-state index is 11.4. The van der Waals surface area contributed by atoms with Crippen LogP contribution in [0.3, 0.4) is 0 Å². The Balaban J connectivity index is 2.48. The van der Waals surface area contributed by atoms with E-state index in [0.717, 1.165) is 0 Å². The van der Waals surface area contributed by atoms with Crippen LogP contribution < -0.4 is 4.74 Å². The van der Waals surface area contributed by atoms with Gasteiger partial charge in [-0.3, -0.25) is 4.79 Å². The van der Waals surface area contributed by atoms with E-state index in [2.05, 4.69) is 0 Å². The first-order chi connectivity index (χ1) is 8.49. The molecule has 0 spiro atoms. The summed E-state index contributed by atoms with van der Waals surface area (Å²) in [5.74, 6) is -0.871. The number of halogens is 1. The summed E-state index contributed by atoms with van der Waals surface area (Å²) in [6, 6.07) is 2.98. The van der Waals surface area contributed by atoms with E-state index < -0.39 is 5.97 Å². The molecule has 0 saturated heterocycles. The number of benzene rings is 1. The van der Waals surface area contributed by atoms with Gasteiger partial charge in [-0.25, -0.2) is 4.79 Å². The predicted octanol–water partition coefficient (Wildman–Crippen LogP) is 1.78. The molecular weight excluding hydrogens is 258 g/mol. The van der Waals surface area contributed by atoms with E-state index in [1.54, 1.807) is 11.0 Å². The summed E-state index contributed by atoms with van der Waals surface area (Å²) in [5.41, 5.74) is 0.649. The van der Waals surface area contributed by atoms with Crippen molar-refractivity contribution < 1.29 is 19.4 Å². The van der Waals surface area contributed by atoms with E-state index in [1.165, 1.54) is 13.0 Å². The van der Waals surface area contributed by atoms with Crippen LogP contribution in [0.2, 0.25) is 5.02 Å². The Labute approximate surface area is 109 Å². The average molecular weight is 270 g/mol. The van der Waals surface area contributed by atoms with Gasteiger partial charge in [-0.2, -0.15) is 0 Å². The van der Waals surface area contributed by atoms with Gasteiger partial charge in [-0.1, -0.05) is 11.6 Å². The highest BCUT2D eigenvalue weighted by atomic mass is 35.5. The fourth-order valence-electron chi connectivity index (χ4n) is 1.91. The van der Waals surface area contributed by atoms with Gasteiger partial charge in [0.2, 0.25) is 5.91 Å². The van der Waals surface area contributed by atoms with Crippen molar-refractivity contribution in [2.75, 3.05) is 13.2 Å². The molecular formula is C12H12ClNO4. The maximum Gasteiger partial charge on any atom is 0.339 e. The summed E-state index contributed by atoms with van der Waals surface area (Å²) in [4.78, 5) is 24.1. The van der Waals surface area contributed by atoms with Crippen molar-refractivity contribution in [1.29, 1.82) is 0 Å². The number of carboxylic acid groups (broad SMARTS) is 1. The zero-order valence-corrected chi connectivity index (χ0v) is 10.5. The lowest BCUT2D eigenvalue weighted by molar-refractivity contribution is -0.129. The molecule has 0 aromatic heterocycles. The molecule has 1 aromatic carbocycles. The SMILES string of the molecule is CC(=O)N1CCOc2c(cc(Cl)cc2C(=O)O)C1. The van der Waals surface area contributed by atoms with Crippen LogP contribution >= 0.6 is 11.6 Å². The van der Waals surface area contributed by atoms with Crippen LogP contribution in [0.5, 0.6) is 5.75 Å². The molecule has 0 atom stereocenters. The molecule has 1 aliphatic heterocycles. The van der Waals surface area contributed by atoms with Gasteiger partial charge in [0.05, 0.1) is 6.54 Å². The van der Waals surface area contributed by atoms with Gasteiger partial charge in [-0.05, 0) is 12.1 Å². The van der Waals surface area contributed by atoms with Gasteiger partial charge >= 0.3 is 5.97 Å². The van der Waals surface area contributed by atoms with Crippen molar-refractivity contribution in [2.24, 2.45) is 0 Å². The van der Waals surface area contributed by atoms with Crippen molar-refractivity contribution >= 4 is 23.5 Å². The third-order valence-electron chi connectivity index (χ3n) is 2.78. The number of nitrogens with zero attached hydrogens (tertiary/aromatic N) is 1. The molecule has 0 saturated carbocycles. The minimum absolute atomic E-state index is 0.0305. The minimum atomic E-state index is -1.09. The first-order valence-corrected chi connectivity index (χ1v) is 5.81. The van der Waals surface area contributed by atoms with Crippen LogP contribution in [0.1, 0.15) is 22.8 Å². The number of aromatic carboxylic acids is 1. The quantitative estimate of drug-likeness (QED) is 0.844. The molecule has 1 aromatic rings. The third kappa shape index (κ3) is 2.41. The van der Waals surface area contributed by atoms with Crippen molar-refractivity contribution in [1.82, 2.24) is 4.90 Å². The molecule has 0 fully saturated rings. The Kier molecular flexibility index (Phi) is 3.43. The number of amides is 1. The van der Waals surface area contributed by atoms with Gasteiger partial charge in [0.25, 0.3) is 0 Å². The summed E-state index contributed by atoms with van der Waals surface area (Å²) < 4.78 is 5.44. The van der Waals surface area contributed by atoms with Crippen molar-refractivity contribution in [3.05, 3.63) is 28.3 Å². The normalized spacial score (nSPS) is 14.4. The zero-order valence-electron chi connectivity index (χ0n) is 9.77. The van der Waals surface area contributed by atoms with Gasteiger partial charge in [0, 0.05) is 24.1 Å². The van der Waals surface area contributed by atoms with Crippen LogP contribution in [-0.2, 0) is 11.3 Å². The fourth-order valence-corrected chi connectivity index (χ4v) is 2.15. The van der Waals surface area contributed by atoms with Crippen LogP contribution in [0.15, 0.2) is 12.1 Å². The minimum Gasteiger partial charge on any atom is -0.490 e. The summed E-state index contributed by atoms with van der Waals surface area (Å²) in [6.45, 7) is 2.48. The summed E-state index contributed by atoms with van der Waals surface area (Å²) >= 11 is 5.88. The zero-order chi connectivity index (χ0) is 13.3. The van der Waals surface area contributed by atoms with Gasteiger partial charge in [0.15, 0.2) is 0 Å². The highest BCUT2D eigenvalue weighted by molar-refractivity contribution is 6.31. The maximum absolute atomic E-state index is 11.4. The third-order valence-corrected chi connectivity index (χ3v) is 2.99. The molecule has 1 aliphatic rings. The Hall–Kier alpha value is -1.75. The van der Waals surface area contributed by atoms with Gasteiger partial charge in [-0.15, -0.1) is 0 Å². The van der Waals surface area contributed by atoms with Crippen molar-refractivity contribution in [3.8, 4) is 5.75 Å². The lowest BCUT2D eigenvalue weighted by atomic mass is 10.1. The lowest BCUT2D eigenvalue weighted by Crippen LogP contribution is -2.30. The molecule has 0 aliphatic carbocycles. The van der Waals surface area contributed by atoms with Crippen molar-refractivity contribution in [2.45, 2.75) is 13.5 Å². The number of hydrogen-bond donors (Lipinski definition) is 1. The molecule has 1 N–H and O–H groups in total. The molecule has 0 unspecified atom stereocenters. The van der Waals surface area contributed by atoms with Crippen LogP contribution in [0.25, 0.3) is 0 Å². The number of carbonyl (C=O) groups is 2. The molecule has 5 nitrogen and oxygen atoms in total. The monoisotopic (exact) mass is 269 g/mol. The van der Waals surface area contributed by atoms with E-state index >= 15 is 0 Å². The molecule has 96 valence electrons. The second-order valence-electron chi connectivity index (χ2n) is 4.04. The Bertz CT molecular complexity index is 515. The summed E-state index contributed by atoms with van der Waals surface area (Å²) in [5, 5.41) is 9.43. The van der Waals surface area contributed by atoms with Crippen molar-refractivity contribution in [3.63, 3.8) is 0 Å². The number of fused-ring (bicyclic) bond motifs is 1.